The molecule has 0 aliphatic carbocycles. The predicted octanol–water partition coefficient (Wildman–Crippen LogP) is 0.114. The molecule has 0 saturated heterocycles. The summed E-state index contributed by atoms with van der Waals surface area (Å²) in [6.45, 7) is 0.0371. The molecular weight excluding hydrogens is 154 g/mol. The summed E-state index contributed by atoms with van der Waals surface area (Å²) in [5.41, 5.74) is 9.03. The maximum absolute atomic E-state index is 11.0. The van der Waals surface area contributed by atoms with E-state index in [0.717, 1.165) is 5.69 Å². The summed E-state index contributed by atoms with van der Waals surface area (Å²) in [4.78, 5) is 11.0. The van der Waals surface area contributed by atoms with Gasteiger partial charge in [-0.25, -0.2) is 0 Å². The van der Waals surface area contributed by atoms with Crippen LogP contribution in [0.3, 0.4) is 0 Å². The number of anilines is 1. The molecule has 0 unspecified atom stereocenters. The van der Waals surface area contributed by atoms with Crippen LogP contribution in [0.2, 0.25) is 0 Å². The second-order valence-corrected chi connectivity index (χ2v) is 2.35. The SMILES string of the molecule is NCC(=O)c1ccc(NN)cc1. The lowest BCUT2D eigenvalue weighted by molar-refractivity contribution is 0.100. The van der Waals surface area contributed by atoms with Crippen LogP contribution in [0.25, 0.3) is 0 Å². The third-order valence-electron chi connectivity index (χ3n) is 1.56. The van der Waals surface area contributed by atoms with Crippen molar-refractivity contribution in [2.75, 3.05) is 12.0 Å². The fraction of sp³-hybridized carbons (Fsp3) is 0.125. The maximum atomic E-state index is 11.0. The third kappa shape index (κ3) is 1.81. The smallest absolute Gasteiger partial charge is 0.176 e. The molecule has 0 saturated carbocycles. The van der Waals surface area contributed by atoms with E-state index in [2.05, 4.69) is 5.43 Å². The van der Waals surface area contributed by atoms with Gasteiger partial charge in [0.2, 0.25) is 0 Å². The summed E-state index contributed by atoms with van der Waals surface area (Å²) in [5, 5.41) is 0. The van der Waals surface area contributed by atoms with E-state index in [1.807, 2.05) is 0 Å². The lowest BCUT2D eigenvalue weighted by Crippen LogP contribution is -2.13. The van der Waals surface area contributed by atoms with Crippen LogP contribution in [-0.4, -0.2) is 12.3 Å². The fourth-order valence-electron chi connectivity index (χ4n) is 0.870. The Morgan fingerprint density at radius 1 is 1.33 bits per heavy atom. The van der Waals surface area contributed by atoms with E-state index < -0.39 is 0 Å². The maximum Gasteiger partial charge on any atom is 0.176 e. The van der Waals surface area contributed by atoms with Gasteiger partial charge in [0, 0.05) is 11.3 Å². The second kappa shape index (κ2) is 3.85. The molecule has 0 atom stereocenters. The Bertz CT molecular complexity index is 268. The molecule has 0 radical (unpaired) electrons. The van der Waals surface area contributed by atoms with Gasteiger partial charge in [0.25, 0.3) is 0 Å². The van der Waals surface area contributed by atoms with Crippen molar-refractivity contribution in [3.8, 4) is 0 Å². The first kappa shape index (κ1) is 8.70. The van der Waals surface area contributed by atoms with Crippen LogP contribution < -0.4 is 17.0 Å². The minimum absolute atomic E-state index is 0.0371. The van der Waals surface area contributed by atoms with Gasteiger partial charge in [0.15, 0.2) is 5.78 Å². The topological polar surface area (TPSA) is 81.1 Å². The quantitative estimate of drug-likeness (QED) is 0.337. The van der Waals surface area contributed by atoms with Crippen molar-refractivity contribution in [3.05, 3.63) is 29.8 Å². The number of hydrogen-bond acceptors (Lipinski definition) is 4. The molecule has 0 aliphatic heterocycles. The van der Waals surface area contributed by atoms with Gasteiger partial charge in [-0.05, 0) is 24.3 Å². The molecule has 0 amide bonds. The number of nitrogens with two attached hydrogens (primary N) is 2. The Labute approximate surface area is 70.5 Å². The standard InChI is InChI=1S/C8H11N3O/c9-5-8(12)6-1-3-7(11-10)4-2-6/h1-4,11H,5,9-10H2. The minimum atomic E-state index is -0.0708. The number of Topliss-reactive ketones (excluding diaryl/α,β-unsaturated/α-hetero) is 1. The molecule has 0 heterocycles. The highest BCUT2D eigenvalue weighted by Gasteiger charge is 2.01. The number of nitrogens with one attached hydrogen (secondary N) is 1. The molecule has 64 valence electrons. The average molecular weight is 165 g/mol. The van der Waals surface area contributed by atoms with Crippen LogP contribution in [0, 0.1) is 0 Å². The average Bonchev–Trinajstić information content (AvgIpc) is 2.17. The van der Waals surface area contributed by atoms with Crippen LogP contribution >= 0.6 is 0 Å². The molecule has 0 spiro atoms. The highest BCUT2D eigenvalue weighted by molar-refractivity contribution is 5.97. The lowest BCUT2D eigenvalue weighted by atomic mass is 10.1. The first-order valence-corrected chi connectivity index (χ1v) is 3.58. The van der Waals surface area contributed by atoms with E-state index in [-0.39, 0.29) is 12.3 Å². The zero-order chi connectivity index (χ0) is 8.97. The Hall–Kier alpha value is -1.39. The van der Waals surface area contributed by atoms with Crippen LogP contribution in [0.5, 0.6) is 0 Å². The monoisotopic (exact) mass is 165 g/mol. The Morgan fingerprint density at radius 3 is 2.33 bits per heavy atom. The van der Waals surface area contributed by atoms with Crippen molar-refractivity contribution >= 4 is 11.5 Å². The van der Waals surface area contributed by atoms with E-state index in [9.17, 15) is 4.79 Å². The van der Waals surface area contributed by atoms with E-state index in [1.165, 1.54) is 0 Å². The number of carbonyl (C=O) groups excluding carboxylic acids is 1. The van der Waals surface area contributed by atoms with Crippen molar-refractivity contribution in [3.63, 3.8) is 0 Å². The molecule has 1 rings (SSSR count). The number of hydrogen-bond donors (Lipinski definition) is 3. The van der Waals surface area contributed by atoms with Gasteiger partial charge in [0.1, 0.15) is 0 Å². The molecule has 0 fully saturated rings. The van der Waals surface area contributed by atoms with Crippen molar-refractivity contribution in [2.45, 2.75) is 0 Å². The van der Waals surface area contributed by atoms with Crippen molar-refractivity contribution < 1.29 is 4.79 Å². The molecule has 1 aromatic rings. The zero-order valence-corrected chi connectivity index (χ0v) is 6.58. The highest BCUT2D eigenvalue weighted by atomic mass is 16.1. The van der Waals surface area contributed by atoms with Gasteiger partial charge < -0.3 is 11.2 Å². The van der Waals surface area contributed by atoms with Gasteiger partial charge in [-0.15, -0.1) is 0 Å². The first-order chi connectivity index (χ1) is 5.77. The molecule has 4 nitrogen and oxygen atoms in total. The number of ketones is 1. The number of rotatable bonds is 3. The Morgan fingerprint density at radius 2 is 1.92 bits per heavy atom. The fourth-order valence-corrected chi connectivity index (χ4v) is 0.870. The van der Waals surface area contributed by atoms with E-state index in [0.29, 0.717) is 5.56 Å². The lowest BCUT2D eigenvalue weighted by Gasteiger charge is -2.00. The normalized spacial score (nSPS) is 9.50. The molecule has 1 aromatic carbocycles. The van der Waals surface area contributed by atoms with E-state index in [1.54, 1.807) is 24.3 Å². The summed E-state index contributed by atoms with van der Waals surface area (Å²) in [6.07, 6.45) is 0. The number of hydrazine groups is 1. The second-order valence-electron chi connectivity index (χ2n) is 2.35. The third-order valence-corrected chi connectivity index (χ3v) is 1.56. The highest BCUT2D eigenvalue weighted by Crippen LogP contribution is 2.07. The van der Waals surface area contributed by atoms with E-state index >= 15 is 0 Å². The number of benzene rings is 1. The number of nitrogen functional groups attached to an aromatic ring is 1. The van der Waals surface area contributed by atoms with Gasteiger partial charge in [-0.1, -0.05) is 0 Å². The van der Waals surface area contributed by atoms with Gasteiger partial charge in [-0.3, -0.25) is 10.6 Å². The zero-order valence-electron chi connectivity index (χ0n) is 6.58. The van der Waals surface area contributed by atoms with Crippen LogP contribution in [0.15, 0.2) is 24.3 Å². The van der Waals surface area contributed by atoms with Crippen molar-refractivity contribution in [2.24, 2.45) is 11.6 Å². The van der Waals surface area contributed by atoms with E-state index in [4.69, 9.17) is 11.6 Å². The minimum Gasteiger partial charge on any atom is -0.324 e. The largest absolute Gasteiger partial charge is 0.324 e. The van der Waals surface area contributed by atoms with Crippen molar-refractivity contribution in [1.29, 1.82) is 0 Å². The Kier molecular flexibility index (Phi) is 2.79. The summed E-state index contributed by atoms with van der Waals surface area (Å²) < 4.78 is 0. The molecular formula is C8H11N3O. The van der Waals surface area contributed by atoms with Crippen LogP contribution in [0.4, 0.5) is 5.69 Å². The van der Waals surface area contributed by atoms with Crippen LogP contribution in [0.1, 0.15) is 10.4 Å². The summed E-state index contributed by atoms with van der Waals surface area (Å²) in [5.74, 6) is 5.08. The predicted molar refractivity (Wildman–Crippen MR) is 47.6 cm³/mol. The Balaban J connectivity index is 2.84. The first-order valence-electron chi connectivity index (χ1n) is 3.58. The molecule has 4 heteroatoms. The molecule has 5 N–H and O–H groups in total. The van der Waals surface area contributed by atoms with Crippen LogP contribution in [-0.2, 0) is 0 Å². The summed E-state index contributed by atoms with van der Waals surface area (Å²) >= 11 is 0. The van der Waals surface area contributed by atoms with Gasteiger partial charge in [0.05, 0.1) is 6.54 Å². The molecule has 0 aromatic heterocycles. The molecule has 0 aliphatic rings. The number of carbonyl (C=O) groups is 1. The summed E-state index contributed by atoms with van der Waals surface area (Å²) in [7, 11) is 0. The van der Waals surface area contributed by atoms with Gasteiger partial charge in [-0.2, -0.15) is 0 Å². The molecule has 12 heavy (non-hydrogen) atoms. The summed E-state index contributed by atoms with van der Waals surface area (Å²) in [6, 6.07) is 6.82. The van der Waals surface area contributed by atoms with Crippen molar-refractivity contribution in [1.82, 2.24) is 0 Å². The van der Waals surface area contributed by atoms with Gasteiger partial charge >= 0.3 is 0 Å². The molecule has 0 bridgehead atoms.